The van der Waals surface area contributed by atoms with E-state index < -0.39 is 23.9 Å². The standard InChI is InChI=1S/C17H16N2O5S/c1-3-8-19-15(21)13(14(20)18-17(19)25)9-11-4-6-12(7-5-11)24-10(2)16(22)23/h3-7,9-10H,1,8H2,2H3,(H,22,23)(H,18,20,25). The van der Waals surface area contributed by atoms with Gasteiger partial charge in [-0.25, -0.2) is 4.79 Å². The molecule has 0 aromatic heterocycles. The fraction of sp³-hybridized carbons (Fsp3) is 0.176. The maximum atomic E-state index is 12.4. The van der Waals surface area contributed by atoms with Crippen LogP contribution in [0.1, 0.15) is 12.5 Å². The summed E-state index contributed by atoms with van der Waals surface area (Å²) in [6, 6.07) is 6.34. The second-order valence-electron chi connectivity index (χ2n) is 5.19. The van der Waals surface area contributed by atoms with Gasteiger partial charge in [0.2, 0.25) is 0 Å². The molecular weight excluding hydrogens is 344 g/mol. The zero-order valence-electron chi connectivity index (χ0n) is 13.4. The summed E-state index contributed by atoms with van der Waals surface area (Å²) < 4.78 is 5.22. The van der Waals surface area contributed by atoms with E-state index >= 15 is 0 Å². The van der Waals surface area contributed by atoms with Crippen molar-refractivity contribution in [2.24, 2.45) is 0 Å². The Kier molecular flexibility index (Phi) is 5.66. The lowest BCUT2D eigenvalue weighted by atomic mass is 10.1. The summed E-state index contributed by atoms with van der Waals surface area (Å²) in [6.07, 6.45) is 1.96. The lowest BCUT2D eigenvalue weighted by Gasteiger charge is -2.27. The smallest absolute Gasteiger partial charge is 0.344 e. The number of nitrogens with one attached hydrogen (secondary N) is 1. The molecule has 1 heterocycles. The van der Waals surface area contributed by atoms with Gasteiger partial charge in [0, 0.05) is 6.54 Å². The van der Waals surface area contributed by atoms with Gasteiger partial charge in [0.25, 0.3) is 11.8 Å². The molecule has 0 radical (unpaired) electrons. The van der Waals surface area contributed by atoms with Gasteiger partial charge in [-0.15, -0.1) is 6.58 Å². The number of thiocarbonyl (C=S) groups is 1. The highest BCUT2D eigenvalue weighted by atomic mass is 32.1. The lowest BCUT2D eigenvalue weighted by Crippen LogP contribution is -2.53. The number of rotatable bonds is 6. The Morgan fingerprint density at radius 3 is 2.60 bits per heavy atom. The number of hydrogen-bond acceptors (Lipinski definition) is 5. The van der Waals surface area contributed by atoms with E-state index in [1.807, 2.05) is 0 Å². The molecule has 1 aliphatic rings. The van der Waals surface area contributed by atoms with Gasteiger partial charge in [0.05, 0.1) is 0 Å². The molecule has 0 aliphatic carbocycles. The molecule has 0 saturated carbocycles. The van der Waals surface area contributed by atoms with E-state index in [-0.39, 0.29) is 17.2 Å². The summed E-state index contributed by atoms with van der Waals surface area (Å²) in [5.74, 6) is -1.79. The number of ether oxygens (including phenoxy) is 1. The second kappa shape index (κ2) is 7.71. The van der Waals surface area contributed by atoms with Crippen molar-refractivity contribution in [1.29, 1.82) is 0 Å². The molecule has 25 heavy (non-hydrogen) atoms. The molecule has 0 bridgehead atoms. The molecule has 1 aromatic carbocycles. The maximum Gasteiger partial charge on any atom is 0.344 e. The molecule has 0 spiro atoms. The largest absolute Gasteiger partial charge is 0.479 e. The fourth-order valence-electron chi connectivity index (χ4n) is 2.05. The van der Waals surface area contributed by atoms with Crippen LogP contribution in [0.5, 0.6) is 5.75 Å². The molecule has 2 amide bonds. The molecule has 130 valence electrons. The van der Waals surface area contributed by atoms with Crippen molar-refractivity contribution < 1.29 is 24.2 Å². The van der Waals surface area contributed by atoms with Crippen molar-refractivity contribution >= 4 is 41.2 Å². The molecule has 1 aliphatic heterocycles. The molecule has 1 fully saturated rings. The van der Waals surface area contributed by atoms with Gasteiger partial charge in [0.15, 0.2) is 11.2 Å². The zero-order valence-corrected chi connectivity index (χ0v) is 14.2. The minimum atomic E-state index is -1.08. The van der Waals surface area contributed by atoms with Crippen LogP contribution >= 0.6 is 12.2 Å². The van der Waals surface area contributed by atoms with Crippen LogP contribution in [0, 0.1) is 0 Å². The van der Waals surface area contributed by atoms with E-state index in [1.165, 1.54) is 24.0 Å². The SMILES string of the molecule is C=CCN1C(=O)C(=Cc2ccc(OC(C)C(=O)O)cc2)C(=O)NC1=S. The summed E-state index contributed by atoms with van der Waals surface area (Å²) in [6.45, 7) is 5.16. The van der Waals surface area contributed by atoms with Crippen molar-refractivity contribution in [1.82, 2.24) is 10.2 Å². The highest BCUT2D eigenvalue weighted by Crippen LogP contribution is 2.18. The van der Waals surface area contributed by atoms with E-state index in [2.05, 4.69) is 11.9 Å². The van der Waals surface area contributed by atoms with Crippen molar-refractivity contribution in [3.8, 4) is 5.75 Å². The normalized spacial score (nSPS) is 17.2. The topological polar surface area (TPSA) is 95.9 Å². The number of benzene rings is 1. The molecule has 2 rings (SSSR count). The van der Waals surface area contributed by atoms with Crippen LogP contribution in [-0.2, 0) is 14.4 Å². The van der Waals surface area contributed by atoms with E-state index in [4.69, 9.17) is 22.1 Å². The molecule has 1 aromatic rings. The predicted molar refractivity (Wildman–Crippen MR) is 94.8 cm³/mol. The molecule has 1 unspecified atom stereocenters. The number of carboxylic acid groups (broad SMARTS) is 1. The number of aliphatic carboxylic acids is 1. The first-order valence-electron chi connectivity index (χ1n) is 7.32. The maximum absolute atomic E-state index is 12.4. The Morgan fingerprint density at radius 2 is 2.04 bits per heavy atom. The third-order valence-corrected chi connectivity index (χ3v) is 3.67. The van der Waals surface area contributed by atoms with Gasteiger partial charge >= 0.3 is 5.97 Å². The van der Waals surface area contributed by atoms with E-state index in [0.29, 0.717) is 11.3 Å². The predicted octanol–water partition coefficient (Wildman–Crippen LogP) is 1.35. The van der Waals surface area contributed by atoms with Crippen molar-refractivity contribution in [2.45, 2.75) is 13.0 Å². The Bertz CT molecular complexity index is 770. The molecule has 2 N–H and O–H groups in total. The van der Waals surface area contributed by atoms with Crippen LogP contribution in [0.2, 0.25) is 0 Å². The monoisotopic (exact) mass is 360 g/mol. The molecule has 7 nitrogen and oxygen atoms in total. The van der Waals surface area contributed by atoms with Crippen LogP contribution in [0.15, 0.2) is 42.5 Å². The fourth-order valence-corrected chi connectivity index (χ4v) is 2.30. The van der Waals surface area contributed by atoms with Gasteiger partial charge in [-0.1, -0.05) is 18.2 Å². The lowest BCUT2D eigenvalue weighted by molar-refractivity contribution is -0.144. The first kappa shape index (κ1) is 18.3. The van der Waals surface area contributed by atoms with Gasteiger partial charge in [-0.2, -0.15) is 0 Å². The third-order valence-electron chi connectivity index (χ3n) is 3.35. The van der Waals surface area contributed by atoms with Crippen LogP contribution in [0.3, 0.4) is 0 Å². The van der Waals surface area contributed by atoms with Crippen molar-refractivity contribution in [3.05, 3.63) is 48.1 Å². The Hall–Kier alpha value is -3.00. The second-order valence-corrected chi connectivity index (χ2v) is 5.58. The highest BCUT2D eigenvalue weighted by molar-refractivity contribution is 7.80. The molecular formula is C17H16N2O5S. The molecule has 8 heteroatoms. The summed E-state index contributed by atoms with van der Waals surface area (Å²) in [7, 11) is 0. The Labute approximate surface area is 149 Å². The summed E-state index contributed by atoms with van der Waals surface area (Å²) in [4.78, 5) is 36.4. The summed E-state index contributed by atoms with van der Waals surface area (Å²) in [5.41, 5.74) is 0.531. The van der Waals surface area contributed by atoms with Gasteiger partial charge in [-0.05, 0) is 42.9 Å². The minimum absolute atomic E-state index is 0.0402. The number of hydrogen-bond donors (Lipinski definition) is 2. The van der Waals surface area contributed by atoms with Gasteiger partial charge in [0.1, 0.15) is 11.3 Å². The number of carbonyl (C=O) groups excluding carboxylic acids is 2. The van der Waals surface area contributed by atoms with Crippen LogP contribution in [0.4, 0.5) is 0 Å². The number of carboxylic acids is 1. The number of carbonyl (C=O) groups is 3. The number of amides is 2. The van der Waals surface area contributed by atoms with Crippen molar-refractivity contribution in [2.75, 3.05) is 6.54 Å². The Balaban J connectivity index is 2.22. The molecule has 1 atom stereocenters. The van der Waals surface area contributed by atoms with E-state index in [9.17, 15) is 14.4 Å². The van der Waals surface area contributed by atoms with Crippen LogP contribution in [0.25, 0.3) is 6.08 Å². The van der Waals surface area contributed by atoms with Gasteiger partial charge < -0.3 is 9.84 Å². The third kappa shape index (κ3) is 4.30. The summed E-state index contributed by atoms with van der Waals surface area (Å²) >= 11 is 4.98. The van der Waals surface area contributed by atoms with E-state index in [0.717, 1.165) is 0 Å². The first-order chi connectivity index (χ1) is 11.8. The van der Waals surface area contributed by atoms with Crippen LogP contribution in [-0.4, -0.2) is 45.6 Å². The quantitative estimate of drug-likeness (QED) is 0.344. The van der Waals surface area contributed by atoms with Crippen molar-refractivity contribution in [3.63, 3.8) is 0 Å². The first-order valence-corrected chi connectivity index (χ1v) is 7.73. The summed E-state index contributed by atoms with van der Waals surface area (Å²) in [5, 5.41) is 11.3. The minimum Gasteiger partial charge on any atom is -0.479 e. The average Bonchev–Trinajstić information content (AvgIpc) is 2.56. The van der Waals surface area contributed by atoms with E-state index in [1.54, 1.807) is 24.3 Å². The molecule has 1 saturated heterocycles. The zero-order chi connectivity index (χ0) is 18.6. The highest BCUT2D eigenvalue weighted by Gasteiger charge is 2.32. The van der Waals surface area contributed by atoms with Gasteiger partial charge in [-0.3, -0.25) is 19.8 Å². The van der Waals surface area contributed by atoms with Crippen LogP contribution < -0.4 is 10.1 Å². The Morgan fingerprint density at radius 1 is 1.40 bits per heavy atom. The number of nitrogens with zero attached hydrogens (tertiary/aromatic N) is 1. The average molecular weight is 360 g/mol.